The van der Waals surface area contributed by atoms with Crippen molar-refractivity contribution in [2.45, 2.75) is 25.8 Å². The summed E-state index contributed by atoms with van der Waals surface area (Å²) in [6.45, 7) is 2.81. The van der Waals surface area contributed by atoms with Crippen molar-refractivity contribution < 1.29 is 4.74 Å². The van der Waals surface area contributed by atoms with E-state index in [-0.39, 0.29) is 0 Å². The molecule has 0 spiro atoms. The van der Waals surface area contributed by atoms with Gasteiger partial charge in [0, 0.05) is 12.8 Å². The van der Waals surface area contributed by atoms with E-state index in [1.807, 2.05) is 6.07 Å². The van der Waals surface area contributed by atoms with Crippen molar-refractivity contribution in [2.24, 2.45) is 5.92 Å². The van der Waals surface area contributed by atoms with Crippen molar-refractivity contribution in [3.63, 3.8) is 0 Å². The van der Waals surface area contributed by atoms with E-state index in [4.69, 9.17) is 4.74 Å². The van der Waals surface area contributed by atoms with Gasteiger partial charge in [-0.25, -0.2) is 4.68 Å². The largest absolute Gasteiger partial charge is 0.383 e. The minimum atomic E-state index is 0.401. The zero-order valence-corrected chi connectivity index (χ0v) is 11.8. The Morgan fingerprint density at radius 1 is 1.45 bits per heavy atom. The molecule has 6 nitrogen and oxygen atoms in total. The quantitative estimate of drug-likeness (QED) is 0.869. The zero-order valence-electron chi connectivity index (χ0n) is 11.8. The Morgan fingerprint density at radius 2 is 2.30 bits per heavy atom. The van der Waals surface area contributed by atoms with Crippen LogP contribution in [0, 0.1) is 12.8 Å². The molecule has 1 heterocycles. The van der Waals surface area contributed by atoms with E-state index in [0.29, 0.717) is 6.04 Å². The number of anilines is 1. The van der Waals surface area contributed by atoms with Crippen LogP contribution in [0.1, 0.15) is 18.4 Å². The van der Waals surface area contributed by atoms with Crippen LogP contribution in [0.5, 0.6) is 0 Å². The summed E-state index contributed by atoms with van der Waals surface area (Å²) in [6, 6.07) is 6.63. The second-order valence-corrected chi connectivity index (χ2v) is 5.30. The molecule has 0 radical (unpaired) electrons. The molecule has 1 N–H and O–H groups in total. The number of nitrogens with zero attached hydrogens (tertiary/aromatic N) is 4. The first-order chi connectivity index (χ1) is 9.78. The third-order valence-corrected chi connectivity index (χ3v) is 3.68. The second kappa shape index (κ2) is 5.58. The van der Waals surface area contributed by atoms with Gasteiger partial charge >= 0.3 is 0 Å². The third-order valence-electron chi connectivity index (χ3n) is 3.68. The first kappa shape index (κ1) is 13.1. The molecule has 0 saturated heterocycles. The molecule has 106 valence electrons. The minimum absolute atomic E-state index is 0.401. The van der Waals surface area contributed by atoms with Crippen LogP contribution in [0.2, 0.25) is 0 Å². The smallest absolute Gasteiger partial charge is 0.143 e. The molecule has 1 fully saturated rings. The van der Waals surface area contributed by atoms with E-state index in [2.05, 4.69) is 39.9 Å². The predicted octanol–water partition coefficient (Wildman–Crippen LogP) is 1.81. The molecule has 1 aliphatic carbocycles. The molecule has 0 aliphatic heterocycles. The molecule has 6 heteroatoms. The maximum Gasteiger partial charge on any atom is 0.143 e. The van der Waals surface area contributed by atoms with E-state index in [1.54, 1.807) is 18.1 Å². The fourth-order valence-corrected chi connectivity index (χ4v) is 2.46. The van der Waals surface area contributed by atoms with Crippen LogP contribution >= 0.6 is 0 Å². The van der Waals surface area contributed by atoms with E-state index < -0.39 is 0 Å². The van der Waals surface area contributed by atoms with E-state index >= 15 is 0 Å². The summed E-state index contributed by atoms with van der Waals surface area (Å²) < 4.78 is 6.97. The summed E-state index contributed by atoms with van der Waals surface area (Å²) in [5.41, 5.74) is 3.25. The third kappa shape index (κ3) is 2.80. The summed E-state index contributed by atoms with van der Waals surface area (Å²) in [6.07, 6.45) is 4.19. The first-order valence-corrected chi connectivity index (χ1v) is 6.87. The Bertz CT molecular complexity index is 565. The maximum atomic E-state index is 5.30. The Hall–Kier alpha value is -1.95. The Kier molecular flexibility index (Phi) is 3.64. The van der Waals surface area contributed by atoms with Crippen LogP contribution in [-0.2, 0) is 4.74 Å². The normalized spacial score (nSPS) is 16.1. The molecular formula is C14H19N5O. The molecule has 0 amide bonds. The van der Waals surface area contributed by atoms with Gasteiger partial charge in [-0.3, -0.25) is 0 Å². The molecule has 2 aromatic rings. The Balaban J connectivity index is 1.76. The lowest BCUT2D eigenvalue weighted by Gasteiger charge is -2.19. The van der Waals surface area contributed by atoms with Crippen LogP contribution in [0.3, 0.4) is 0 Å². The number of aryl methyl sites for hydroxylation is 1. The highest BCUT2D eigenvalue weighted by atomic mass is 16.5. The van der Waals surface area contributed by atoms with Gasteiger partial charge in [-0.1, -0.05) is 0 Å². The highest BCUT2D eigenvalue weighted by molar-refractivity contribution is 5.53. The van der Waals surface area contributed by atoms with Gasteiger partial charge in [0.25, 0.3) is 0 Å². The lowest BCUT2D eigenvalue weighted by Crippen LogP contribution is -2.27. The van der Waals surface area contributed by atoms with Crippen LogP contribution < -0.4 is 5.32 Å². The fourth-order valence-electron chi connectivity index (χ4n) is 2.46. The molecule has 1 aromatic heterocycles. The molecule has 3 rings (SSSR count). The Labute approximate surface area is 118 Å². The fraction of sp³-hybridized carbons (Fsp3) is 0.500. The average Bonchev–Trinajstić information content (AvgIpc) is 3.15. The molecule has 0 bridgehead atoms. The van der Waals surface area contributed by atoms with Gasteiger partial charge in [-0.15, -0.1) is 5.10 Å². The van der Waals surface area contributed by atoms with Gasteiger partial charge in [0.2, 0.25) is 0 Å². The number of aromatic nitrogens is 4. The van der Waals surface area contributed by atoms with Crippen molar-refractivity contribution >= 4 is 5.69 Å². The molecule has 1 atom stereocenters. The van der Waals surface area contributed by atoms with Crippen molar-refractivity contribution in [3.8, 4) is 5.69 Å². The summed E-state index contributed by atoms with van der Waals surface area (Å²) in [4.78, 5) is 0. The maximum absolute atomic E-state index is 5.30. The van der Waals surface area contributed by atoms with Crippen LogP contribution in [0.25, 0.3) is 5.69 Å². The van der Waals surface area contributed by atoms with Crippen LogP contribution in [0.15, 0.2) is 24.5 Å². The number of rotatable bonds is 6. The topological polar surface area (TPSA) is 64.9 Å². The van der Waals surface area contributed by atoms with E-state index in [9.17, 15) is 0 Å². The molecule has 20 heavy (non-hydrogen) atoms. The number of benzene rings is 1. The van der Waals surface area contributed by atoms with Crippen molar-refractivity contribution in [1.82, 2.24) is 20.2 Å². The average molecular weight is 273 g/mol. The highest BCUT2D eigenvalue weighted by Crippen LogP contribution is 2.34. The highest BCUT2D eigenvalue weighted by Gasteiger charge is 2.31. The lowest BCUT2D eigenvalue weighted by molar-refractivity contribution is 0.179. The molecule has 1 aromatic carbocycles. The SMILES string of the molecule is COCC(Nc1ccc(-n2cnnn2)c(C)c1)C1CC1. The van der Waals surface area contributed by atoms with E-state index in [0.717, 1.165) is 29.5 Å². The van der Waals surface area contributed by atoms with Gasteiger partial charge in [-0.05, 0) is 59.9 Å². The number of ether oxygens (including phenoxy) is 1. The lowest BCUT2D eigenvalue weighted by atomic mass is 10.1. The predicted molar refractivity (Wildman–Crippen MR) is 75.9 cm³/mol. The number of tetrazole rings is 1. The monoisotopic (exact) mass is 273 g/mol. The van der Waals surface area contributed by atoms with Gasteiger partial charge in [0.15, 0.2) is 0 Å². The number of hydrogen-bond acceptors (Lipinski definition) is 5. The van der Waals surface area contributed by atoms with Crippen molar-refractivity contribution in [3.05, 3.63) is 30.1 Å². The molecule has 1 saturated carbocycles. The molecule has 1 aliphatic rings. The molecular weight excluding hydrogens is 254 g/mol. The van der Waals surface area contributed by atoms with Gasteiger partial charge < -0.3 is 10.1 Å². The minimum Gasteiger partial charge on any atom is -0.383 e. The first-order valence-electron chi connectivity index (χ1n) is 6.87. The van der Waals surface area contributed by atoms with Gasteiger partial charge in [-0.2, -0.15) is 0 Å². The second-order valence-electron chi connectivity index (χ2n) is 5.30. The number of nitrogens with one attached hydrogen (secondary N) is 1. The summed E-state index contributed by atoms with van der Waals surface area (Å²) in [7, 11) is 1.75. The van der Waals surface area contributed by atoms with E-state index in [1.165, 1.54) is 12.8 Å². The zero-order chi connectivity index (χ0) is 13.9. The Morgan fingerprint density at radius 3 is 2.90 bits per heavy atom. The number of hydrogen-bond donors (Lipinski definition) is 1. The van der Waals surface area contributed by atoms with Crippen molar-refractivity contribution in [1.29, 1.82) is 0 Å². The van der Waals surface area contributed by atoms with Crippen molar-refractivity contribution in [2.75, 3.05) is 19.0 Å². The van der Waals surface area contributed by atoms with Crippen LogP contribution in [-0.4, -0.2) is 40.0 Å². The number of methoxy groups -OCH3 is 1. The molecule has 1 unspecified atom stereocenters. The summed E-state index contributed by atoms with van der Waals surface area (Å²) in [5, 5.41) is 14.8. The summed E-state index contributed by atoms with van der Waals surface area (Å²) >= 11 is 0. The standard InChI is InChI=1S/C14H19N5O/c1-10-7-12(16-13(8-20-2)11-3-4-11)5-6-14(10)19-9-15-17-18-19/h5-7,9,11,13,16H,3-4,8H2,1-2H3. The summed E-state index contributed by atoms with van der Waals surface area (Å²) in [5.74, 6) is 0.745. The van der Waals surface area contributed by atoms with Gasteiger partial charge in [0.1, 0.15) is 6.33 Å². The van der Waals surface area contributed by atoms with Gasteiger partial charge in [0.05, 0.1) is 18.3 Å². The van der Waals surface area contributed by atoms with Crippen LogP contribution in [0.4, 0.5) is 5.69 Å².